The summed E-state index contributed by atoms with van der Waals surface area (Å²) in [6, 6.07) is 0. The fraction of sp³-hybridized carbons (Fsp3) is 0.667. The van der Waals surface area contributed by atoms with Crippen molar-refractivity contribution in [3.8, 4) is 0 Å². The summed E-state index contributed by atoms with van der Waals surface area (Å²) in [6.45, 7) is 9.53. The van der Waals surface area contributed by atoms with Gasteiger partial charge in [-0.05, 0) is 32.4 Å². The van der Waals surface area contributed by atoms with Crippen LogP contribution >= 0.6 is 11.6 Å². The molecule has 0 aliphatic rings. The quantitative estimate of drug-likeness (QED) is 0.252. The van der Waals surface area contributed by atoms with E-state index in [0.29, 0.717) is 5.57 Å². The highest BCUT2D eigenvalue weighted by atomic mass is 35.5. The van der Waals surface area contributed by atoms with Crippen LogP contribution in [0.25, 0.3) is 0 Å². The molecule has 0 aromatic heterocycles. The molecule has 0 rings (SSSR count). The third-order valence-electron chi connectivity index (χ3n) is 1.68. The Labute approximate surface area is 103 Å². The van der Waals surface area contributed by atoms with Gasteiger partial charge in [0.25, 0.3) is 5.24 Å². The largest absolute Gasteiger partial charge is 0.462 e. The molecule has 0 N–H and O–H groups in total. The number of ether oxygens (including phenoxy) is 1. The molecule has 0 bridgehead atoms. The van der Waals surface area contributed by atoms with Crippen LogP contribution in [-0.4, -0.2) is 17.8 Å². The maximum Gasteiger partial charge on any atom is 0.343 e. The van der Waals surface area contributed by atoms with Gasteiger partial charge in [-0.2, -0.15) is 0 Å². The Morgan fingerprint density at radius 1 is 1.06 bits per heavy atom. The number of esters is 1. The SMILES string of the molecule is CCCC.CCOC(=O)C(C(=O)Cl)=C(C)C. The minimum absolute atomic E-state index is 0.0708. The van der Waals surface area contributed by atoms with Gasteiger partial charge in [-0.1, -0.05) is 32.3 Å². The molecule has 0 aromatic rings. The van der Waals surface area contributed by atoms with E-state index in [9.17, 15) is 9.59 Å². The summed E-state index contributed by atoms with van der Waals surface area (Å²) in [5.41, 5.74) is 0.493. The first-order chi connectivity index (χ1) is 7.42. The highest BCUT2D eigenvalue weighted by Gasteiger charge is 2.18. The predicted octanol–water partition coefficient (Wildman–Crippen LogP) is 3.46. The second-order valence-corrected chi connectivity index (χ2v) is 3.71. The summed E-state index contributed by atoms with van der Waals surface area (Å²) in [7, 11) is 0. The molecule has 0 aromatic carbocycles. The summed E-state index contributed by atoms with van der Waals surface area (Å²) in [5.74, 6) is -0.655. The molecule has 0 radical (unpaired) electrons. The van der Waals surface area contributed by atoms with Crippen molar-refractivity contribution in [2.75, 3.05) is 6.61 Å². The number of unbranched alkanes of at least 4 members (excludes halogenated alkanes) is 1. The summed E-state index contributed by atoms with van der Waals surface area (Å²) in [5, 5.41) is -0.770. The van der Waals surface area contributed by atoms with Gasteiger partial charge in [-0.15, -0.1) is 0 Å². The Morgan fingerprint density at radius 2 is 1.50 bits per heavy atom. The molecule has 16 heavy (non-hydrogen) atoms. The van der Waals surface area contributed by atoms with Gasteiger partial charge in [0.1, 0.15) is 5.57 Å². The molecular weight excluding hydrogens is 228 g/mol. The molecule has 0 heterocycles. The van der Waals surface area contributed by atoms with E-state index in [1.165, 1.54) is 12.8 Å². The van der Waals surface area contributed by atoms with Crippen molar-refractivity contribution in [1.29, 1.82) is 0 Å². The lowest BCUT2D eigenvalue weighted by atomic mass is 10.2. The topological polar surface area (TPSA) is 43.4 Å². The Morgan fingerprint density at radius 3 is 1.69 bits per heavy atom. The molecule has 4 heteroatoms. The molecule has 0 amide bonds. The average Bonchev–Trinajstić information content (AvgIpc) is 2.17. The monoisotopic (exact) mass is 248 g/mol. The highest BCUT2D eigenvalue weighted by Crippen LogP contribution is 2.09. The van der Waals surface area contributed by atoms with Crippen LogP contribution in [0.5, 0.6) is 0 Å². The van der Waals surface area contributed by atoms with Crippen LogP contribution in [0.2, 0.25) is 0 Å². The number of hydrogen-bond donors (Lipinski definition) is 0. The van der Waals surface area contributed by atoms with Gasteiger partial charge in [0.2, 0.25) is 0 Å². The first-order valence-corrected chi connectivity index (χ1v) is 5.84. The average molecular weight is 249 g/mol. The van der Waals surface area contributed by atoms with Crippen molar-refractivity contribution >= 4 is 22.8 Å². The normalized spacial score (nSPS) is 8.62. The van der Waals surface area contributed by atoms with Crippen LogP contribution in [0.3, 0.4) is 0 Å². The van der Waals surface area contributed by atoms with E-state index >= 15 is 0 Å². The number of carbonyl (C=O) groups excluding carboxylic acids is 2. The molecule has 3 nitrogen and oxygen atoms in total. The molecule has 0 aliphatic heterocycles. The van der Waals surface area contributed by atoms with Crippen molar-refractivity contribution < 1.29 is 14.3 Å². The van der Waals surface area contributed by atoms with E-state index in [0.717, 1.165) is 0 Å². The first kappa shape index (κ1) is 17.6. The summed E-state index contributed by atoms with van der Waals surface area (Å²) in [4.78, 5) is 21.7. The minimum Gasteiger partial charge on any atom is -0.462 e. The van der Waals surface area contributed by atoms with Gasteiger partial charge in [-0.3, -0.25) is 4.79 Å². The van der Waals surface area contributed by atoms with Crippen molar-refractivity contribution in [3.63, 3.8) is 0 Å². The van der Waals surface area contributed by atoms with Crippen molar-refractivity contribution in [1.82, 2.24) is 0 Å². The third-order valence-corrected chi connectivity index (χ3v) is 1.87. The third kappa shape index (κ3) is 8.48. The minimum atomic E-state index is -0.770. The van der Waals surface area contributed by atoms with Gasteiger partial charge >= 0.3 is 5.97 Å². The van der Waals surface area contributed by atoms with Crippen LogP contribution in [0, 0.1) is 0 Å². The maximum absolute atomic E-state index is 11.0. The second kappa shape index (κ2) is 10.7. The zero-order valence-corrected chi connectivity index (χ0v) is 11.5. The Balaban J connectivity index is 0. The number of rotatable bonds is 4. The lowest BCUT2D eigenvalue weighted by molar-refractivity contribution is -0.139. The summed E-state index contributed by atoms with van der Waals surface area (Å²) < 4.78 is 4.62. The molecule has 0 spiro atoms. The van der Waals surface area contributed by atoms with Gasteiger partial charge in [-0.25, -0.2) is 4.79 Å². The van der Waals surface area contributed by atoms with Gasteiger partial charge in [0.05, 0.1) is 6.61 Å². The first-order valence-electron chi connectivity index (χ1n) is 5.46. The zero-order valence-electron chi connectivity index (χ0n) is 10.7. The zero-order chi connectivity index (χ0) is 13.1. The molecule has 0 fully saturated rings. The Bertz CT molecular complexity index is 251. The number of hydrogen-bond acceptors (Lipinski definition) is 3. The molecule has 0 saturated heterocycles. The number of carbonyl (C=O) groups is 2. The lowest BCUT2D eigenvalue weighted by Crippen LogP contribution is -2.13. The lowest BCUT2D eigenvalue weighted by Gasteiger charge is -2.03. The second-order valence-electron chi connectivity index (χ2n) is 3.37. The van der Waals surface area contributed by atoms with Crippen LogP contribution in [-0.2, 0) is 14.3 Å². The van der Waals surface area contributed by atoms with Crippen LogP contribution < -0.4 is 0 Å². The van der Waals surface area contributed by atoms with Gasteiger partial charge in [0, 0.05) is 0 Å². The Kier molecular flexibility index (Phi) is 11.7. The van der Waals surface area contributed by atoms with Crippen LogP contribution in [0.15, 0.2) is 11.1 Å². The van der Waals surface area contributed by atoms with E-state index in [-0.39, 0.29) is 12.2 Å². The summed E-state index contributed by atoms with van der Waals surface area (Å²) >= 11 is 5.17. The van der Waals surface area contributed by atoms with E-state index in [4.69, 9.17) is 11.6 Å². The molecule has 0 saturated carbocycles. The van der Waals surface area contributed by atoms with Crippen molar-refractivity contribution in [3.05, 3.63) is 11.1 Å². The standard InChI is InChI=1S/C8H11ClO3.C4H10/c1-4-12-8(11)6(5(2)3)7(9)10;1-3-4-2/h4H2,1-3H3;3-4H2,1-2H3. The Hall–Kier alpha value is -0.830. The molecule has 0 unspecified atom stereocenters. The van der Waals surface area contributed by atoms with Crippen LogP contribution in [0.1, 0.15) is 47.5 Å². The highest BCUT2D eigenvalue weighted by molar-refractivity contribution is 6.70. The summed E-state index contributed by atoms with van der Waals surface area (Å²) in [6.07, 6.45) is 2.64. The van der Waals surface area contributed by atoms with Crippen molar-refractivity contribution in [2.24, 2.45) is 0 Å². The number of allylic oxidation sites excluding steroid dienone is 1. The van der Waals surface area contributed by atoms with Gasteiger partial charge < -0.3 is 4.74 Å². The number of halogens is 1. The molecule has 0 aliphatic carbocycles. The van der Waals surface area contributed by atoms with E-state index in [2.05, 4.69) is 18.6 Å². The van der Waals surface area contributed by atoms with Crippen LogP contribution in [0.4, 0.5) is 0 Å². The molecule has 94 valence electrons. The van der Waals surface area contributed by atoms with Crippen molar-refractivity contribution in [2.45, 2.75) is 47.5 Å². The van der Waals surface area contributed by atoms with E-state index in [1.54, 1.807) is 20.8 Å². The van der Waals surface area contributed by atoms with E-state index < -0.39 is 11.2 Å². The fourth-order valence-corrected chi connectivity index (χ4v) is 0.950. The fourth-order valence-electron chi connectivity index (χ4n) is 0.684. The maximum atomic E-state index is 11.0. The van der Waals surface area contributed by atoms with E-state index in [1.807, 2.05) is 0 Å². The van der Waals surface area contributed by atoms with Gasteiger partial charge in [0.15, 0.2) is 0 Å². The molecular formula is C12H21ClO3. The smallest absolute Gasteiger partial charge is 0.343 e. The predicted molar refractivity (Wildman–Crippen MR) is 66.4 cm³/mol. The molecule has 0 atom stereocenters.